The normalized spacial score (nSPS) is 16.6. The topological polar surface area (TPSA) is 60.7 Å². The van der Waals surface area contributed by atoms with Crippen LogP contribution in [0.5, 0.6) is 0 Å². The first-order valence-electron chi connectivity index (χ1n) is 9.38. The van der Waals surface area contributed by atoms with Crippen LogP contribution in [0.25, 0.3) is 6.08 Å². The number of halogens is 1. The Kier molecular flexibility index (Phi) is 5.77. The fraction of sp³-hybridized carbons (Fsp3) is 0.227. The predicted octanol–water partition coefficient (Wildman–Crippen LogP) is 3.90. The SMILES string of the molecule is CC1=C(C(=O)OC(C)C)[C@@H](c2cccs2)n2c(s/c(=C/c3ccccc3Cl)c2=O)=N1. The number of carbonyl (C=O) groups excluding carboxylic acids is 1. The van der Waals surface area contributed by atoms with Crippen LogP contribution in [0.3, 0.4) is 0 Å². The summed E-state index contributed by atoms with van der Waals surface area (Å²) in [5.41, 5.74) is 1.50. The fourth-order valence-corrected chi connectivity index (χ4v) is 5.36. The third-order valence-corrected chi connectivity index (χ3v) is 6.84. The van der Waals surface area contributed by atoms with Crippen molar-refractivity contribution in [1.82, 2.24) is 4.57 Å². The van der Waals surface area contributed by atoms with Gasteiger partial charge in [-0.3, -0.25) is 9.36 Å². The van der Waals surface area contributed by atoms with Crippen LogP contribution in [0.1, 0.15) is 37.3 Å². The van der Waals surface area contributed by atoms with E-state index >= 15 is 0 Å². The molecule has 2 aromatic heterocycles. The Bertz CT molecular complexity index is 1320. The smallest absolute Gasteiger partial charge is 0.338 e. The van der Waals surface area contributed by atoms with Crippen molar-refractivity contribution >= 4 is 46.3 Å². The van der Waals surface area contributed by atoms with Crippen LogP contribution in [-0.2, 0) is 9.53 Å². The number of rotatable bonds is 4. The summed E-state index contributed by atoms with van der Waals surface area (Å²) in [5, 5.41) is 2.49. The summed E-state index contributed by atoms with van der Waals surface area (Å²) in [6.07, 6.45) is 1.50. The number of allylic oxidation sites excluding steroid dienone is 1. The second-order valence-electron chi connectivity index (χ2n) is 7.07. The van der Waals surface area contributed by atoms with Crippen LogP contribution in [0.2, 0.25) is 5.02 Å². The minimum atomic E-state index is -0.569. The minimum absolute atomic E-state index is 0.209. The van der Waals surface area contributed by atoms with E-state index in [1.807, 2.05) is 35.7 Å². The average molecular weight is 459 g/mol. The third-order valence-electron chi connectivity index (χ3n) is 4.59. The van der Waals surface area contributed by atoms with Gasteiger partial charge in [0, 0.05) is 9.90 Å². The van der Waals surface area contributed by atoms with Gasteiger partial charge in [0.05, 0.1) is 21.9 Å². The quantitative estimate of drug-likeness (QED) is 0.557. The highest BCUT2D eigenvalue weighted by Crippen LogP contribution is 2.33. The Morgan fingerprint density at radius 2 is 2.03 bits per heavy atom. The zero-order valence-corrected chi connectivity index (χ0v) is 19.0. The van der Waals surface area contributed by atoms with E-state index in [9.17, 15) is 9.59 Å². The van der Waals surface area contributed by atoms with Crippen molar-refractivity contribution in [3.05, 3.63) is 88.2 Å². The Labute approximate surface area is 186 Å². The molecule has 30 heavy (non-hydrogen) atoms. The van der Waals surface area contributed by atoms with Crippen LogP contribution < -0.4 is 14.9 Å². The lowest BCUT2D eigenvalue weighted by atomic mass is 10.0. The molecule has 1 aromatic carbocycles. The van der Waals surface area contributed by atoms with Crippen molar-refractivity contribution in [2.75, 3.05) is 0 Å². The lowest BCUT2D eigenvalue weighted by Crippen LogP contribution is -2.39. The van der Waals surface area contributed by atoms with E-state index in [2.05, 4.69) is 4.99 Å². The molecule has 3 aromatic rings. The summed E-state index contributed by atoms with van der Waals surface area (Å²) >= 11 is 9.05. The standard InChI is InChI=1S/C22H19ClN2O3S2/c1-12(2)28-21(27)18-13(3)24-22-25(19(18)16-9-6-10-29-16)20(26)17(30-22)11-14-7-4-5-8-15(14)23/h4-12,19H,1-3H3/b17-11+/t19-/m1/s1. The van der Waals surface area contributed by atoms with Gasteiger partial charge in [0.25, 0.3) is 5.56 Å². The molecule has 4 rings (SSSR count). The van der Waals surface area contributed by atoms with Gasteiger partial charge in [-0.15, -0.1) is 11.3 Å². The van der Waals surface area contributed by atoms with E-state index in [1.54, 1.807) is 37.5 Å². The van der Waals surface area contributed by atoms with Crippen molar-refractivity contribution in [3.8, 4) is 0 Å². The average Bonchev–Trinajstić information content (AvgIpc) is 3.31. The first-order valence-corrected chi connectivity index (χ1v) is 11.5. The second kappa shape index (κ2) is 8.34. The number of thiazole rings is 1. The molecule has 0 aliphatic carbocycles. The molecule has 0 saturated carbocycles. The van der Waals surface area contributed by atoms with Crippen molar-refractivity contribution in [2.45, 2.75) is 32.9 Å². The lowest BCUT2D eigenvalue weighted by Gasteiger charge is -2.24. The summed E-state index contributed by atoms with van der Waals surface area (Å²) in [4.78, 5) is 32.3. The number of benzene rings is 1. The molecular formula is C22H19ClN2O3S2. The van der Waals surface area contributed by atoms with Gasteiger partial charge < -0.3 is 4.74 Å². The zero-order valence-electron chi connectivity index (χ0n) is 16.6. The summed E-state index contributed by atoms with van der Waals surface area (Å²) in [5.74, 6) is -0.454. The van der Waals surface area contributed by atoms with E-state index < -0.39 is 12.0 Å². The number of thiophene rings is 1. The third kappa shape index (κ3) is 3.80. The highest BCUT2D eigenvalue weighted by atomic mass is 35.5. The monoisotopic (exact) mass is 458 g/mol. The van der Waals surface area contributed by atoms with Gasteiger partial charge in [-0.2, -0.15) is 0 Å². The Balaban J connectivity index is 1.94. The number of carbonyl (C=O) groups is 1. The highest BCUT2D eigenvalue weighted by Gasteiger charge is 2.34. The van der Waals surface area contributed by atoms with Gasteiger partial charge in [0.15, 0.2) is 4.80 Å². The van der Waals surface area contributed by atoms with Crippen molar-refractivity contribution in [1.29, 1.82) is 0 Å². The van der Waals surface area contributed by atoms with Gasteiger partial charge in [0.1, 0.15) is 6.04 Å². The Morgan fingerprint density at radius 3 is 2.70 bits per heavy atom. The van der Waals surface area contributed by atoms with Crippen LogP contribution in [-0.4, -0.2) is 16.6 Å². The van der Waals surface area contributed by atoms with E-state index in [0.29, 0.717) is 25.6 Å². The Morgan fingerprint density at radius 1 is 1.27 bits per heavy atom. The number of ether oxygens (including phenoxy) is 1. The van der Waals surface area contributed by atoms with Gasteiger partial charge in [-0.1, -0.05) is 47.2 Å². The summed E-state index contributed by atoms with van der Waals surface area (Å²) < 4.78 is 7.57. The van der Waals surface area contributed by atoms with E-state index in [1.165, 1.54) is 22.7 Å². The van der Waals surface area contributed by atoms with Crippen molar-refractivity contribution in [2.24, 2.45) is 4.99 Å². The first-order chi connectivity index (χ1) is 14.4. The van der Waals surface area contributed by atoms with Gasteiger partial charge >= 0.3 is 5.97 Å². The van der Waals surface area contributed by atoms with Crippen molar-refractivity contribution in [3.63, 3.8) is 0 Å². The second-order valence-corrected chi connectivity index (χ2v) is 9.47. The number of aromatic nitrogens is 1. The molecule has 1 aliphatic heterocycles. The van der Waals surface area contributed by atoms with Crippen LogP contribution >= 0.6 is 34.3 Å². The highest BCUT2D eigenvalue weighted by molar-refractivity contribution is 7.10. The first kappa shape index (κ1) is 20.8. The molecule has 8 heteroatoms. The number of hydrogen-bond acceptors (Lipinski definition) is 6. The number of esters is 1. The number of fused-ring (bicyclic) bond motifs is 1. The lowest BCUT2D eigenvalue weighted by molar-refractivity contribution is -0.143. The molecule has 0 saturated heterocycles. The maximum atomic E-state index is 13.4. The van der Waals surface area contributed by atoms with Crippen LogP contribution in [0, 0.1) is 0 Å². The number of nitrogens with zero attached hydrogens (tertiary/aromatic N) is 2. The van der Waals surface area contributed by atoms with Crippen molar-refractivity contribution < 1.29 is 9.53 Å². The molecule has 0 N–H and O–H groups in total. The molecule has 0 radical (unpaired) electrons. The zero-order chi connectivity index (χ0) is 21.4. The molecular weight excluding hydrogens is 440 g/mol. The van der Waals surface area contributed by atoms with E-state index in [4.69, 9.17) is 16.3 Å². The molecule has 0 fully saturated rings. The molecule has 0 spiro atoms. The van der Waals surface area contributed by atoms with Gasteiger partial charge in [-0.25, -0.2) is 9.79 Å². The minimum Gasteiger partial charge on any atom is -0.459 e. The molecule has 154 valence electrons. The van der Waals surface area contributed by atoms with E-state index in [0.717, 1.165) is 10.4 Å². The molecule has 3 heterocycles. The van der Waals surface area contributed by atoms with Gasteiger partial charge in [0.2, 0.25) is 0 Å². The molecule has 0 unspecified atom stereocenters. The molecule has 1 aliphatic rings. The van der Waals surface area contributed by atoms with Crippen LogP contribution in [0.4, 0.5) is 0 Å². The molecule has 5 nitrogen and oxygen atoms in total. The molecule has 0 bridgehead atoms. The summed E-state index contributed by atoms with van der Waals surface area (Å²) in [6, 6.07) is 10.6. The summed E-state index contributed by atoms with van der Waals surface area (Å²) in [6.45, 7) is 5.38. The number of hydrogen-bond donors (Lipinski definition) is 0. The van der Waals surface area contributed by atoms with E-state index in [-0.39, 0.29) is 11.7 Å². The summed E-state index contributed by atoms with van der Waals surface area (Å²) in [7, 11) is 0. The largest absolute Gasteiger partial charge is 0.459 e. The molecule has 1 atom stereocenters. The van der Waals surface area contributed by atoms with Gasteiger partial charge in [-0.05, 0) is 49.9 Å². The molecule has 0 amide bonds. The van der Waals surface area contributed by atoms with Crippen LogP contribution in [0.15, 0.2) is 62.8 Å². The fourth-order valence-electron chi connectivity index (χ4n) is 3.31. The predicted molar refractivity (Wildman–Crippen MR) is 121 cm³/mol. The maximum absolute atomic E-state index is 13.4. The maximum Gasteiger partial charge on any atom is 0.338 e. The Hall–Kier alpha value is -2.48.